The van der Waals surface area contributed by atoms with E-state index in [2.05, 4.69) is 16.3 Å². The highest BCUT2D eigenvalue weighted by Gasteiger charge is 2.38. The summed E-state index contributed by atoms with van der Waals surface area (Å²) in [4.78, 5) is 20.6. The summed E-state index contributed by atoms with van der Waals surface area (Å²) in [7, 11) is 0. The summed E-state index contributed by atoms with van der Waals surface area (Å²) in [5, 5.41) is 18.0. The topological polar surface area (TPSA) is 86.0 Å². The van der Waals surface area contributed by atoms with E-state index in [9.17, 15) is 9.90 Å². The van der Waals surface area contributed by atoms with Gasteiger partial charge in [-0.25, -0.2) is 14.3 Å². The molecule has 2 aliphatic rings. The summed E-state index contributed by atoms with van der Waals surface area (Å²) in [6, 6.07) is 2.36. The van der Waals surface area contributed by atoms with Crippen molar-refractivity contribution in [3.05, 3.63) is 23.5 Å². The first-order valence-corrected chi connectivity index (χ1v) is 10.6. The van der Waals surface area contributed by atoms with Gasteiger partial charge in [0.2, 0.25) is 0 Å². The van der Waals surface area contributed by atoms with Crippen LogP contribution in [0.2, 0.25) is 0 Å². The number of carboxylic acid groups (broad SMARTS) is 1. The van der Waals surface area contributed by atoms with Crippen molar-refractivity contribution in [2.24, 2.45) is 0 Å². The fourth-order valence-corrected chi connectivity index (χ4v) is 4.75. The molecule has 2 aliphatic heterocycles. The molecule has 2 fully saturated rings. The van der Waals surface area contributed by atoms with E-state index >= 15 is 0 Å². The molecule has 0 saturated carbocycles. The van der Waals surface area contributed by atoms with E-state index in [0.717, 1.165) is 48.7 Å². The number of nitrogens with zero attached hydrogens (tertiary/aromatic N) is 5. The molecule has 2 atom stereocenters. The maximum Gasteiger partial charge on any atom is 0.408 e. The molecule has 0 bridgehead atoms. The molecule has 1 unspecified atom stereocenters. The Morgan fingerprint density at radius 3 is 2.76 bits per heavy atom. The van der Waals surface area contributed by atoms with Crippen LogP contribution in [0.15, 0.2) is 12.3 Å². The van der Waals surface area contributed by atoms with Gasteiger partial charge in [0.1, 0.15) is 5.82 Å². The molecule has 8 nitrogen and oxygen atoms in total. The molecule has 0 spiro atoms. The number of amides is 1. The number of hydrogen-bond acceptors (Lipinski definition) is 5. The van der Waals surface area contributed by atoms with Gasteiger partial charge in [-0.15, -0.1) is 0 Å². The van der Waals surface area contributed by atoms with Crippen molar-refractivity contribution in [3.8, 4) is 0 Å². The van der Waals surface area contributed by atoms with Gasteiger partial charge >= 0.3 is 6.09 Å². The summed E-state index contributed by atoms with van der Waals surface area (Å²) >= 11 is 0. The number of nitrogens with one attached hydrogen (secondary N) is 1. The molecule has 2 saturated heterocycles. The first-order valence-electron chi connectivity index (χ1n) is 10.6. The predicted molar refractivity (Wildman–Crippen MR) is 113 cm³/mol. The van der Waals surface area contributed by atoms with E-state index in [0.29, 0.717) is 12.6 Å². The lowest BCUT2D eigenvalue weighted by molar-refractivity contribution is 0.0763. The Hall–Kier alpha value is -2.35. The van der Waals surface area contributed by atoms with Crippen LogP contribution in [0.3, 0.4) is 0 Å². The number of hydrogen-bond donors (Lipinski definition) is 2. The van der Waals surface area contributed by atoms with Gasteiger partial charge in [-0.05, 0) is 53.5 Å². The number of piperidine rings is 1. The fraction of sp³-hybridized carbons (Fsp3) is 0.667. The average Bonchev–Trinajstić information content (AvgIpc) is 3.27. The number of carbonyl (C=O) groups is 1. The Morgan fingerprint density at radius 1 is 1.31 bits per heavy atom. The zero-order valence-electron chi connectivity index (χ0n) is 17.9. The SMILES string of the molecule is Cc1cn2nc(C3CCCCN3)cc2nc1N1CC[C@H](N(C(=O)O)C(C)(C)C)C1. The van der Waals surface area contributed by atoms with Crippen LogP contribution in [0.4, 0.5) is 10.6 Å². The van der Waals surface area contributed by atoms with Crippen molar-refractivity contribution in [1.82, 2.24) is 24.8 Å². The summed E-state index contributed by atoms with van der Waals surface area (Å²) in [5.41, 5.74) is 2.54. The van der Waals surface area contributed by atoms with Crippen LogP contribution in [0, 0.1) is 6.92 Å². The molecule has 4 heterocycles. The van der Waals surface area contributed by atoms with Crippen LogP contribution in [-0.4, -0.2) is 61.9 Å². The summed E-state index contributed by atoms with van der Waals surface area (Å²) in [6.45, 7) is 10.4. The maximum atomic E-state index is 11.8. The highest BCUT2D eigenvalue weighted by molar-refractivity contribution is 5.67. The van der Waals surface area contributed by atoms with Gasteiger partial charge in [-0.2, -0.15) is 5.10 Å². The van der Waals surface area contributed by atoms with Crippen LogP contribution in [0.1, 0.15) is 63.8 Å². The molecule has 29 heavy (non-hydrogen) atoms. The lowest BCUT2D eigenvalue weighted by Crippen LogP contribution is -2.52. The van der Waals surface area contributed by atoms with E-state index in [4.69, 9.17) is 10.1 Å². The molecule has 158 valence electrons. The van der Waals surface area contributed by atoms with E-state index in [1.54, 1.807) is 4.90 Å². The molecule has 2 N–H and O–H groups in total. The summed E-state index contributed by atoms with van der Waals surface area (Å²) in [5.74, 6) is 0.933. The van der Waals surface area contributed by atoms with Gasteiger partial charge in [0.15, 0.2) is 5.65 Å². The molecule has 0 radical (unpaired) electrons. The lowest BCUT2D eigenvalue weighted by Gasteiger charge is -2.38. The van der Waals surface area contributed by atoms with Crippen molar-refractivity contribution in [1.29, 1.82) is 0 Å². The summed E-state index contributed by atoms with van der Waals surface area (Å²) in [6.07, 6.45) is 5.56. The largest absolute Gasteiger partial charge is 0.465 e. The van der Waals surface area contributed by atoms with E-state index in [1.807, 2.05) is 38.4 Å². The third-order valence-electron chi connectivity index (χ3n) is 6.05. The monoisotopic (exact) mass is 400 g/mol. The Balaban J connectivity index is 1.57. The second kappa shape index (κ2) is 7.48. The standard InChI is InChI=1S/C21H32N6O2/c1-14-12-26-18(11-17(24-26)16-7-5-6-9-22-16)23-19(14)25-10-8-15(13-25)27(20(28)29)21(2,3)4/h11-12,15-16,22H,5-10,13H2,1-4H3,(H,28,29)/t15-,16?/m0/s1. The zero-order chi connectivity index (χ0) is 20.8. The number of aryl methyl sites for hydroxylation is 1. The second-order valence-corrected chi connectivity index (χ2v) is 9.33. The molecular formula is C21H32N6O2. The first-order chi connectivity index (χ1) is 13.7. The Bertz CT molecular complexity index is 896. The van der Waals surface area contributed by atoms with Crippen LogP contribution < -0.4 is 10.2 Å². The Kier molecular flexibility index (Phi) is 5.14. The normalized spacial score (nSPS) is 23.0. The van der Waals surface area contributed by atoms with Crippen molar-refractivity contribution >= 4 is 17.6 Å². The Labute approximate surface area is 171 Å². The number of fused-ring (bicyclic) bond motifs is 1. The lowest BCUT2D eigenvalue weighted by atomic mass is 10.0. The number of aromatic nitrogens is 3. The summed E-state index contributed by atoms with van der Waals surface area (Å²) < 4.78 is 1.87. The molecule has 0 aliphatic carbocycles. The maximum absolute atomic E-state index is 11.8. The minimum Gasteiger partial charge on any atom is -0.465 e. The zero-order valence-corrected chi connectivity index (χ0v) is 17.9. The van der Waals surface area contributed by atoms with Gasteiger partial charge in [0.05, 0.1) is 17.8 Å². The molecule has 4 rings (SSSR count). The molecular weight excluding hydrogens is 368 g/mol. The van der Waals surface area contributed by atoms with Crippen LogP contribution in [-0.2, 0) is 0 Å². The minimum atomic E-state index is -0.857. The van der Waals surface area contributed by atoms with Crippen molar-refractivity contribution in [2.45, 2.75) is 71.0 Å². The fourth-order valence-electron chi connectivity index (χ4n) is 4.75. The molecule has 2 aromatic heterocycles. The molecule has 8 heteroatoms. The Morgan fingerprint density at radius 2 is 2.10 bits per heavy atom. The van der Waals surface area contributed by atoms with Crippen molar-refractivity contribution in [2.75, 3.05) is 24.5 Å². The third kappa shape index (κ3) is 3.90. The highest BCUT2D eigenvalue weighted by Crippen LogP contribution is 2.29. The van der Waals surface area contributed by atoms with Gasteiger partial charge < -0.3 is 15.3 Å². The van der Waals surface area contributed by atoms with Crippen LogP contribution in [0.5, 0.6) is 0 Å². The van der Waals surface area contributed by atoms with E-state index < -0.39 is 11.6 Å². The quantitative estimate of drug-likeness (QED) is 0.823. The van der Waals surface area contributed by atoms with Crippen molar-refractivity contribution < 1.29 is 9.90 Å². The average molecular weight is 401 g/mol. The van der Waals surface area contributed by atoms with Crippen LogP contribution in [0.25, 0.3) is 5.65 Å². The molecule has 1 amide bonds. The number of anilines is 1. The number of rotatable bonds is 3. The predicted octanol–water partition coefficient (Wildman–Crippen LogP) is 3.21. The smallest absolute Gasteiger partial charge is 0.408 e. The molecule has 2 aromatic rings. The minimum absolute atomic E-state index is 0.0307. The van der Waals surface area contributed by atoms with E-state index in [-0.39, 0.29) is 6.04 Å². The van der Waals surface area contributed by atoms with Gasteiger partial charge in [-0.1, -0.05) is 6.42 Å². The van der Waals surface area contributed by atoms with E-state index in [1.165, 1.54) is 12.8 Å². The van der Waals surface area contributed by atoms with Crippen LogP contribution >= 0.6 is 0 Å². The highest BCUT2D eigenvalue weighted by atomic mass is 16.4. The third-order valence-corrected chi connectivity index (χ3v) is 6.05. The second-order valence-electron chi connectivity index (χ2n) is 9.33. The van der Waals surface area contributed by atoms with Gasteiger partial charge in [0.25, 0.3) is 0 Å². The first kappa shape index (κ1) is 19.9. The van der Waals surface area contributed by atoms with Gasteiger partial charge in [-0.3, -0.25) is 4.90 Å². The molecule has 0 aromatic carbocycles. The van der Waals surface area contributed by atoms with Gasteiger partial charge in [0, 0.05) is 36.5 Å². The van der Waals surface area contributed by atoms with Crippen molar-refractivity contribution in [3.63, 3.8) is 0 Å².